The Hall–Kier alpha value is -1.96. The van der Waals surface area contributed by atoms with Crippen molar-refractivity contribution in [3.63, 3.8) is 0 Å². The molecule has 104 valence electrons. The van der Waals surface area contributed by atoms with Crippen LogP contribution in [0.5, 0.6) is 0 Å². The molecule has 1 aliphatic heterocycles. The van der Waals surface area contributed by atoms with Crippen LogP contribution in [0.3, 0.4) is 0 Å². The summed E-state index contributed by atoms with van der Waals surface area (Å²) in [7, 11) is 0. The van der Waals surface area contributed by atoms with E-state index in [1.807, 2.05) is 4.90 Å². The molecule has 0 aliphatic carbocycles. The normalized spacial score (nSPS) is 19.7. The molecule has 1 saturated heterocycles. The summed E-state index contributed by atoms with van der Waals surface area (Å²) in [6.07, 6.45) is 1.89. The van der Waals surface area contributed by atoms with Gasteiger partial charge in [-0.25, -0.2) is 9.55 Å². The molecule has 1 N–H and O–H groups in total. The fourth-order valence-corrected chi connectivity index (χ4v) is 2.36. The smallest absolute Gasteiger partial charge is 0.342 e. The van der Waals surface area contributed by atoms with Crippen molar-refractivity contribution in [1.29, 1.82) is 0 Å². The van der Waals surface area contributed by atoms with Gasteiger partial charge >= 0.3 is 11.8 Å². The Kier molecular flexibility index (Phi) is 3.79. The lowest BCUT2D eigenvalue weighted by Gasteiger charge is -2.14. The van der Waals surface area contributed by atoms with Crippen LogP contribution in [0.15, 0.2) is 6.20 Å². The number of imidazole rings is 1. The number of carboxylic acid groups (broad SMARTS) is 1. The van der Waals surface area contributed by atoms with Crippen LogP contribution >= 0.6 is 0 Å². The van der Waals surface area contributed by atoms with E-state index in [4.69, 9.17) is 5.11 Å². The first-order valence-corrected chi connectivity index (χ1v) is 6.10. The van der Waals surface area contributed by atoms with Crippen molar-refractivity contribution in [3.8, 4) is 0 Å². The van der Waals surface area contributed by atoms with Crippen LogP contribution in [0, 0.1) is 23.0 Å². The van der Waals surface area contributed by atoms with E-state index in [2.05, 4.69) is 4.98 Å². The lowest BCUT2D eigenvalue weighted by molar-refractivity contribution is -0.392. The number of nitrogens with zero attached hydrogens (tertiary/aromatic N) is 4. The van der Waals surface area contributed by atoms with Gasteiger partial charge in [-0.2, -0.15) is 0 Å². The zero-order valence-electron chi connectivity index (χ0n) is 10.7. The molecular weight excluding hydrogens is 252 g/mol. The van der Waals surface area contributed by atoms with Crippen molar-refractivity contribution < 1.29 is 14.8 Å². The third-order valence-corrected chi connectivity index (χ3v) is 3.48. The molecular formula is C11H16N4O4. The average molecular weight is 268 g/mol. The average Bonchev–Trinajstić information content (AvgIpc) is 2.93. The van der Waals surface area contributed by atoms with Crippen LogP contribution in [0.1, 0.15) is 12.2 Å². The molecule has 8 heteroatoms. The molecule has 0 amide bonds. The number of nitro groups is 1. The van der Waals surface area contributed by atoms with Crippen molar-refractivity contribution in [1.82, 2.24) is 14.5 Å². The zero-order chi connectivity index (χ0) is 14.0. The van der Waals surface area contributed by atoms with Gasteiger partial charge in [-0.1, -0.05) is 0 Å². The van der Waals surface area contributed by atoms with Gasteiger partial charge in [-0.05, 0) is 17.9 Å². The molecule has 1 aromatic rings. The number of aryl methyl sites for hydroxylation is 1. The SMILES string of the molecule is Cc1ncc([N+](=O)[O-])n1CCN1CCC(C(=O)O)C1. The fourth-order valence-electron chi connectivity index (χ4n) is 2.36. The predicted octanol–water partition coefficient (Wildman–Crippen LogP) is 0.506. The summed E-state index contributed by atoms with van der Waals surface area (Å²) in [6, 6.07) is 0. The maximum absolute atomic E-state index is 10.8. The lowest BCUT2D eigenvalue weighted by atomic mass is 10.1. The summed E-state index contributed by atoms with van der Waals surface area (Å²) in [4.78, 5) is 27.2. The van der Waals surface area contributed by atoms with Crippen LogP contribution < -0.4 is 0 Å². The largest absolute Gasteiger partial charge is 0.481 e. The fraction of sp³-hybridized carbons (Fsp3) is 0.636. The van der Waals surface area contributed by atoms with Gasteiger partial charge in [0.15, 0.2) is 5.82 Å². The minimum absolute atomic E-state index is 0.0218. The summed E-state index contributed by atoms with van der Waals surface area (Å²) in [6.45, 7) is 4.00. The van der Waals surface area contributed by atoms with Crippen LogP contribution in [0.2, 0.25) is 0 Å². The molecule has 0 spiro atoms. The number of hydrogen-bond acceptors (Lipinski definition) is 5. The Morgan fingerprint density at radius 3 is 2.95 bits per heavy atom. The summed E-state index contributed by atoms with van der Waals surface area (Å²) >= 11 is 0. The summed E-state index contributed by atoms with van der Waals surface area (Å²) in [5, 5.41) is 19.7. The Labute approximate surface area is 109 Å². The number of rotatable bonds is 5. The Balaban J connectivity index is 1.95. The van der Waals surface area contributed by atoms with E-state index in [0.717, 1.165) is 6.54 Å². The molecule has 1 aliphatic rings. The predicted molar refractivity (Wildman–Crippen MR) is 65.8 cm³/mol. The van der Waals surface area contributed by atoms with Gasteiger partial charge in [-0.15, -0.1) is 0 Å². The van der Waals surface area contributed by atoms with Crippen LogP contribution in [-0.2, 0) is 11.3 Å². The standard InChI is InChI=1S/C11H16N4O4/c1-8-12-6-10(15(18)19)14(8)5-4-13-3-2-9(7-13)11(16)17/h6,9H,2-5,7H2,1H3,(H,16,17). The first kappa shape index (κ1) is 13.5. The van der Waals surface area contributed by atoms with E-state index in [1.165, 1.54) is 6.20 Å². The monoisotopic (exact) mass is 268 g/mol. The molecule has 0 radical (unpaired) electrons. The quantitative estimate of drug-likeness (QED) is 0.616. The van der Waals surface area contributed by atoms with Crippen molar-refractivity contribution in [2.45, 2.75) is 19.9 Å². The highest BCUT2D eigenvalue weighted by Gasteiger charge is 2.28. The topological polar surface area (TPSA) is 102 Å². The van der Waals surface area contributed by atoms with Crippen molar-refractivity contribution in [2.24, 2.45) is 5.92 Å². The Bertz CT molecular complexity index is 499. The van der Waals surface area contributed by atoms with Gasteiger partial charge < -0.3 is 15.2 Å². The molecule has 1 aromatic heterocycles. The van der Waals surface area contributed by atoms with E-state index < -0.39 is 10.9 Å². The molecule has 0 saturated carbocycles. The lowest BCUT2D eigenvalue weighted by Crippen LogP contribution is -2.27. The molecule has 1 atom stereocenters. The van der Waals surface area contributed by atoms with Crippen molar-refractivity contribution >= 4 is 11.8 Å². The summed E-state index contributed by atoms with van der Waals surface area (Å²) in [5.74, 6) is -0.515. The first-order valence-electron chi connectivity index (χ1n) is 6.10. The van der Waals surface area contributed by atoms with Crippen molar-refractivity contribution in [2.75, 3.05) is 19.6 Å². The Morgan fingerprint density at radius 1 is 1.63 bits per heavy atom. The highest BCUT2D eigenvalue weighted by atomic mass is 16.6. The van der Waals surface area contributed by atoms with Gasteiger partial charge in [0.05, 0.1) is 5.92 Å². The molecule has 1 unspecified atom stereocenters. The number of hydrogen-bond donors (Lipinski definition) is 1. The van der Waals surface area contributed by atoms with Gasteiger partial charge in [0.1, 0.15) is 12.7 Å². The van der Waals surface area contributed by atoms with Gasteiger partial charge in [0.2, 0.25) is 0 Å². The third kappa shape index (κ3) is 2.90. The third-order valence-electron chi connectivity index (χ3n) is 3.48. The Morgan fingerprint density at radius 2 is 2.37 bits per heavy atom. The number of carbonyl (C=O) groups is 1. The summed E-state index contributed by atoms with van der Waals surface area (Å²) < 4.78 is 1.55. The zero-order valence-corrected chi connectivity index (χ0v) is 10.7. The van der Waals surface area contributed by atoms with Gasteiger partial charge in [0, 0.05) is 20.0 Å². The maximum Gasteiger partial charge on any atom is 0.342 e. The van der Waals surface area contributed by atoms with E-state index in [9.17, 15) is 14.9 Å². The maximum atomic E-state index is 10.8. The molecule has 2 rings (SSSR count). The van der Waals surface area contributed by atoms with E-state index in [-0.39, 0.29) is 11.7 Å². The first-order chi connectivity index (χ1) is 8.99. The van der Waals surface area contributed by atoms with E-state index >= 15 is 0 Å². The number of aromatic nitrogens is 2. The minimum Gasteiger partial charge on any atom is -0.481 e. The van der Waals surface area contributed by atoms with Crippen molar-refractivity contribution in [3.05, 3.63) is 22.1 Å². The molecule has 8 nitrogen and oxygen atoms in total. The van der Waals surface area contributed by atoms with Crippen LogP contribution in [-0.4, -0.2) is 50.1 Å². The molecule has 1 fully saturated rings. The molecule has 0 aromatic carbocycles. The number of carboxylic acids is 1. The molecule has 0 bridgehead atoms. The second-order valence-corrected chi connectivity index (χ2v) is 4.70. The van der Waals surface area contributed by atoms with Crippen LogP contribution in [0.4, 0.5) is 5.82 Å². The van der Waals surface area contributed by atoms with E-state index in [0.29, 0.717) is 31.9 Å². The molecule has 19 heavy (non-hydrogen) atoms. The molecule has 2 heterocycles. The number of aliphatic carboxylic acids is 1. The van der Waals surface area contributed by atoms with Crippen LogP contribution in [0.25, 0.3) is 0 Å². The van der Waals surface area contributed by atoms with E-state index in [1.54, 1.807) is 11.5 Å². The van der Waals surface area contributed by atoms with Gasteiger partial charge in [-0.3, -0.25) is 9.69 Å². The highest BCUT2D eigenvalue weighted by Crippen LogP contribution is 2.18. The highest BCUT2D eigenvalue weighted by molar-refractivity contribution is 5.70. The second kappa shape index (κ2) is 5.35. The number of likely N-dealkylation sites (tertiary alicyclic amines) is 1. The minimum atomic E-state index is -0.771. The van der Waals surface area contributed by atoms with Gasteiger partial charge in [0.25, 0.3) is 0 Å². The summed E-state index contributed by atoms with van der Waals surface area (Å²) in [5.41, 5.74) is 0. The second-order valence-electron chi connectivity index (χ2n) is 4.70.